The highest BCUT2D eigenvalue weighted by atomic mass is 16.7. The van der Waals surface area contributed by atoms with Crippen LogP contribution in [0.1, 0.15) is 103 Å². The summed E-state index contributed by atoms with van der Waals surface area (Å²) in [5, 5.41) is 0. The molecule has 1 aliphatic rings. The van der Waals surface area contributed by atoms with Crippen LogP contribution < -0.4 is 0 Å². The summed E-state index contributed by atoms with van der Waals surface area (Å²) in [5.41, 5.74) is 0. The van der Waals surface area contributed by atoms with E-state index in [0.29, 0.717) is 6.61 Å². The zero-order chi connectivity index (χ0) is 17.8. The predicted molar refractivity (Wildman–Crippen MR) is 108 cm³/mol. The second kappa shape index (κ2) is 18.0. The Hall–Kier alpha value is -0.780. The topological polar surface area (TPSA) is 18.5 Å². The molecule has 0 aromatic carbocycles. The third-order valence-electron chi connectivity index (χ3n) is 4.61. The van der Waals surface area contributed by atoms with Gasteiger partial charge in [-0.05, 0) is 44.9 Å². The van der Waals surface area contributed by atoms with Crippen LogP contribution in [0.4, 0.5) is 0 Å². The summed E-state index contributed by atoms with van der Waals surface area (Å²) >= 11 is 0. The summed E-state index contributed by atoms with van der Waals surface area (Å²) < 4.78 is 11.2. The zero-order valence-electron chi connectivity index (χ0n) is 16.6. The SMILES string of the molecule is CCCC/C=C\CCCCCCCCC#CCCOC1CCCCO1. The molecule has 1 heterocycles. The first-order chi connectivity index (χ1) is 12.4. The Morgan fingerprint density at radius 3 is 2.36 bits per heavy atom. The maximum absolute atomic E-state index is 5.67. The molecule has 0 aromatic rings. The van der Waals surface area contributed by atoms with Crippen molar-refractivity contribution in [1.29, 1.82) is 0 Å². The summed E-state index contributed by atoms with van der Waals surface area (Å²) in [6.45, 7) is 3.82. The summed E-state index contributed by atoms with van der Waals surface area (Å²) in [6.07, 6.45) is 23.3. The van der Waals surface area contributed by atoms with Gasteiger partial charge in [-0.1, -0.05) is 57.6 Å². The van der Waals surface area contributed by atoms with E-state index in [9.17, 15) is 0 Å². The number of hydrogen-bond acceptors (Lipinski definition) is 2. The van der Waals surface area contributed by atoms with E-state index in [4.69, 9.17) is 9.47 Å². The molecule has 2 nitrogen and oxygen atoms in total. The van der Waals surface area contributed by atoms with E-state index in [0.717, 1.165) is 25.9 Å². The van der Waals surface area contributed by atoms with Gasteiger partial charge in [-0.25, -0.2) is 0 Å². The smallest absolute Gasteiger partial charge is 0.157 e. The molecule has 1 rings (SSSR count). The Morgan fingerprint density at radius 1 is 0.880 bits per heavy atom. The fourth-order valence-corrected chi connectivity index (χ4v) is 3.00. The van der Waals surface area contributed by atoms with Crippen LogP contribution >= 0.6 is 0 Å². The average molecular weight is 349 g/mol. The van der Waals surface area contributed by atoms with Crippen molar-refractivity contribution in [1.82, 2.24) is 0 Å². The average Bonchev–Trinajstić information content (AvgIpc) is 2.65. The van der Waals surface area contributed by atoms with Gasteiger partial charge in [0.1, 0.15) is 0 Å². The van der Waals surface area contributed by atoms with Crippen LogP contribution in [-0.2, 0) is 9.47 Å². The van der Waals surface area contributed by atoms with Gasteiger partial charge in [0.05, 0.1) is 6.61 Å². The number of unbranched alkanes of at least 4 members (excludes halogenated alkanes) is 9. The maximum Gasteiger partial charge on any atom is 0.157 e. The standard InChI is InChI=1S/C23H40O2/c1-2-3-4-5-6-7-8-9-10-11-12-13-14-15-16-18-21-24-23-20-17-19-22-25-23/h5-6,23H,2-4,7-14,17-22H2,1H3/b6-5-. The van der Waals surface area contributed by atoms with Crippen LogP contribution in [0.3, 0.4) is 0 Å². The molecule has 0 aliphatic carbocycles. The highest BCUT2D eigenvalue weighted by Gasteiger charge is 2.12. The number of allylic oxidation sites excluding steroid dienone is 2. The number of hydrogen-bond donors (Lipinski definition) is 0. The predicted octanol–water partition coefficient (Wildman–Crippen LogP) is 6.79. The molecule has 2 heteroatoms. The molecule has 25 heavy (non-hydrogen) atoms. The maximum atomic E-state index is 5.67. The molecule has 1 aliphatic heterocycles. The van der Waals surface area contributed by atoms with Crippen LogP contribution in [-0.4, -0.2) is 19.5 Å². The second-order valence-corrected chi connectivity index (χ2v) is 7.04. The monoisotopic (exact) mass is 348 g/mol. The first-order valence-corrected chi connectivity index (χ1v) is 10.8. The lowest BCUT2D eigenvalue weighted by Crippen LogP contribution is -2.22. The molecule has 0 bridgehead atoms. The van der Waals surface area contributed by atoms with Crippen molar-refractivity contribution < 1.29 is 9.47 Å². The first kappa shape index (κ1) is 22.3. The zero-order valence-corrected chi connectivity index (χ0v) is 16.6. The third-order valence-corrected chi connectivity index (χ3v) is 4.61. The Labute approximate surface area is 156 Å². The fourth-order valence-electron chi connectivity index (χ4n) is 3.00. The lowest BCUT2D eigenvalue weighted by molar-refractivity contribution is -0.161. The van der Waals surface area contributed by atoms with Crippen LogP contribution in [0.15, 0.2) is 12.2 Å². The molecule has 144 valence electrons. The minimum absolute atomic E-state index is 0.0300. The van der Waals surface area contributed by atoms with Crippen LogP contribution in [0.2, 0.25) is 0 Å². The lowest BCUT2D eigenvalue weighted by Gasteiger charge is -2.22. The summed E-state index contributed by atoms with van der Waals surface area (Å²) in [5.74, 6) is 6.51. The van der Waals surface area contributed by atoms with E-state index in [1.165, 1.54) is 77.0 Å². The fraction of sp³-hybridized carbons (Fsp3) is 0.826. The van der Waals surface area contributed by atoms with E-state index in [-0.39, 0.29) is 6.29 Å². The first-order valence-electron chi connectivity index (χ1n) is 10.8. The van der Waals surface area contributed by atoms with Crippen molar-refractivity contribution >= 4 is 0 Å². The molecule has 1 fully saturated rings. The van der Waals surface area contributed by atoms with Gasteiger partial charge in [-0.3, -0.25) is 0 Å². The van der Waals surface area contributed by atoms with Crippen molar-refractivity contribution in [3.63, 3.8) is 0 Å². The number of ether oxygens (including phenoxy) is 2. The molecular formula is C23H40O2. The van der Waals surface area contributed by atoms with Crippen LogP contribution in [0, 0.1) is 11.8 Å². The van der Waals surface area contributed by atoms with E-state index < -0.39 is 0 Å². The summed E-state index contributed by atoms with van der Waals surface area (Å²) in [4.78, 5) is 0. The normalized spacial score (nSPS) is 17.6. The van der Waals surface area contributed by atoms with Gasteiger partial charge in [0.15, 0.2) is 6.29 Å². The molecule has 1 saturated heterocycles. The molecule has 1 unspecified atom stereocenters. The van der Waals surface area contributed by atoms with Gasteiger partial charge >= 0.3 is 0 Å². The molecule has 0 radical (unpaired) electrons. The van der Waals surface area contributed by atoms with Gasteiger partial charge in [-0.15, -0.1) is 11.8 Å². The van der Waals surface area contributed by atoms with Gasteiger partial charge in [0.25, 0.3) is 0 Å². The summed E-state index contributed by atoms with van der Waals surface area (Å²) in [6, 6.07) is 0. The van der Waals surface area contributed by atoms with Crippen LogP contribution in [0.25, 0.3) is 0 Å². The van der Waals surface area contributed by atoms with Gasteiger partial charge < -0.3 is 9.47 Å². The molecule has 0 saturated carbocycles. The van der Waals surface area contributed by atoms with Gasteiger partial charge in [0.2, 0.25) is 0 Å². The molecule has 0 N–H and O–H groups in total. The number of rotatable bonds is 14. The van der Waals surface area contributed by atoms with Gasteiger partial charge in [-0.2, -0.15) is 0 Å². The highest BCUT2D eigenvalue weighted by Crippen LogP contribution is 2.13. The van der Waals surface area contributed by atoms with Crippen molar-refractivity contribution in [3.05, 3.63) is 12.2 Å². The molecular weight excluding hydrogens is 308 g/mol. The van der Waals surface area contributed by atoms with E-state index in [1.54, 1.807) is 0 Å². The van der Waals surface area contributed by atoms with Crippen LogP contribution in [0.5, 0.6) is 0 Å². The van der Waals surface area contributed by atoms with E-state index >= 15 is 0 Å². The second-order valence-electron chi connectivity index (χ2n) is 7.04. The molecule has 0 aromatic heterocycles. The Morgan fingerprint density at radius 2 is 1.60 bits per heavy atom. The van der Waals surface area contributed by atoms with Crippen molar-refractivity contribution in [3.8, 4) is 11.8 Å². The Bertz CT molecular complexity index is 358. The lowest BCUT2D eigenvalue weighted by atomic mass is 10.1. The van der Waals surface area contributed by atoms with Crippen molar-refractivity contribution in [2.24, 2.45) is 0 Å². The van der Waals surface area contributed by atoms with E-state index in [2.05, 4.69) is 30.9 Å². The molecule has 1 atom stereocenters. The quantitative estimate of drug-likeness (QED) is 0.195. The Kier molecular flexibility index (Phi) is 16.0. The minimum Gasteiger partial charge on any atom is -0.353 e. The molecule has 0 amide bonds. The third kappa shape index (κ3) is 15.2. The minimum atomic E-state index is 0.0300. The van der Waals surface area contributed by atoms with Gasteiger partial charge in [0, 0.05) is 19.4 Å². The highest BCUT2D eigenvalue weighted by molar-refractivity contribution is 4.98. The van der Waals surface area contributed by atoms with Crippen molar-refractivity contribution in [2.75, 3.05) is 13.2 Å². The van der Waals surface area contributed by atoms with E-state index in [1.807, 2.05) is 0 Å². The molecule has 0 spiro atoms. The summed E-state index contributed by atoms with van der Waals surface area (Å²) in [7, 11) is 0. The Balaban J connectivity index is 1.76. The van der Waals surface area contributed by atoms with Crippen molar-refractivity contribution in [2.45, 2.75) is 110 Å². The largest absolute Gasteiger partial charge is 0.353 e.